The zero-order valence-electron chi connectivity index (χ0n) is 15.0. The molecular formula is C14H21F3N4O7S. The maximum absolute atomic E-state index is 12.1. The van der Waals surface area contributed by atoms with Gasteiger partial charge in [0.2, 0.25) is 11.8 Å². The van der Waals surface area contributed by atoms with E-state index in [9.17, 15) is 37.1 Å². The number of amides is 3. The number of nitrogens with one attached hydrogen (secondary N) is 3. The van der Waals surface area contributed by atoms with Gasteiger partial charge < -0.3 is 31.9 Å². The SMILES string of the molecule is NC(CCC(=O)NC(CSCCNC(=O)C(F)(F)F)C(=O)NCC(=O)O)C(=O)O. The zero-order valence-corrected chi connectivity index (χ0v) is 15.8. The van der Waals surface area contributed by atoms with Gasteiger partial charge in [-0.15, -0.1) is 0 Å². The highest BCUT2D eigenvalue weighted by Gasteiger charge is 2.38. The van der Waals surface area contributed by atoms with Gasteiger partial charge in [-0.3, -0.25) is 24.0 Å². The number of aliphatic carboxylic acids is 2. The molecule has 2 unspecified atom stereocenters. The van der Waals surface area contributed by atoms with Gasteiger partial charge in [0.1, 0.15) is 18.6 Å². The molecule has 0 aliphatic heterocycles. The predicted octanol–water partition coefficient (Wildman–Crippen LogP) is -1.72. The van der Waals surface area contributed by atoms with Crippen LogP contribution in [0, 0.1) is 0 Å². The van der Waals surface area contributed by atoms with Crippen LogP contribution in [-0.4, -0.2) is 82.7 Å². The van der Waals surface area contributed by atoms with Gasteiger partial charge in [0.25, 0.3) is 0 Å². The number of alkyl halides is 3. The Hall–Kier alpha value is -2.55. The van der Waals surface area contributed by atoms with Crippen molar-refractivity contribution >= 4 is 41.4 Å². The van der Waals surface area contributed by atoms with Gasteiger partial charge >= 0.3 is 24.0 Å². The molecule has 15 heteroatoms. The maximum Gasteiger partial charge on any atom is 0.471 e. The second-order valence-electron chi connectivity index (χ2n) is 5.54. The van der Waals surface area contributed by atoms with Crippen LogP contribution in [-0.2, 0) is 24.0 Å². The smallest absolute Gasteiger partial charge is 0.471 e. The molecule has 2 atom stereocenters. The zero-order chi connectivity index (χ0) is 22.6. The van der Waals surface area contributed by atoms with E-state index in [2.05, 4.69) is 5.32 Å². The third kappa shape index (κ3) is 12.5. The largest absolute Gasteiger partial charge is 0.480 e. The lowest BCUT2D eigenvalue weighted by Crippen LogP contribution is -2.49. The molecule has 0 aliphatic carbocycles. The van der Waals surface area contributed by atoms with Crippen molar-refractivity contribution in [2.24, 2.45) is 5.73 Å². The Morgan fingerprint density at radius 1 is 1.07 bits per heavy atom. The lowest BCUT2D eigenvalue weighted by molar-refractivity contribution is -0.173. The number of hydrogen-bond acceptors (Lipinski definition) is 7. The van der Waals surface area contributed by atoms with Crippen LogP contribution >= 0.6 is 11.8 Å². The summed E-state index contributed by atoms with van der Waals surface area (Å²) < 4.78 is 36.2. The predicted molar refractivity (Wildman–Crippen MR) is 93.8 cm³/mol. The topological polar surface area (TPSA) is 188 Å². The minimum absolute atomic E-state index is 0.0235. The molecule has 29 heavy (non-hydrogen) atoms. The second-order valence-corrected chi connectivity index (χ2v) is 6.69. The van der Waals surface area contributed by atoms with Gasteiger partial charge in [-0.1, -0.05) is 0 Å². The summed E-state index contributed by atoms with van der Waals surface area (Å²) in [6, 6.07) is -2.52. The lowest BCUT2D eigenvalue weighted by atomic mass is 10.1. The number of carboxylic acid groups (broad SMARTS) is 2. The Morgan fingerprint density at radius 3 is 2.21 bits per heavy atom. The highest BCUT2D eigenvalue weighted by molar-refractivity contribution is 7.99. The van der Waals surface area contributed by atoms with Gasteiger partial charge in [-0.2, -0.15) is 24.9 Å². The van der Waals surface area contributed by atoms with Crippen LogP contribution in [0.2, 0.25) is 0 Å². The minimum atomic E-state index is -5.02. The molecule has 0 aliphatic rings. The van der Waals surface area contributed by atoms with Crippen molar-refractivity contribution in [1.29, 1.82) is 0 Å². The summed E-state index contributed by atoms with van der Waals surface area (Å²) in [5.74, 6) is -6.49. The summed E-state index contributed by atoms with van der Waals surface area (Å²) in [5, 5.41) is 23.2. The summed E-state index contributed by atoms with van der Waals surface area (Å²) in [5.41, 5.74) is 5.26. The molecule has 0 aromatic carbocycles. The van der Waals surface area contributed by atoms with Crippen molar-refractivity contribution in [1.82, 2.24) is 16.0 Å². The minimum Gasteiger partial charge on any atom is -0.480 e. The first-order valence-corrected chi connectivity index (χ1v) is 9.20. The van der Waals surface area contributed by atoms with Gasteiger partial charge in [-0.05, 0) is 6.42 Å². The first-order chi connectivity index (χ1) is 13.3. The van der Waals surface area contributed by atoms with Gasteiger partial charge in [0.05, 0.1) is 0 Å². The van der Waals surface area contributed by atoms with Crippen LogP contribution < -0.4 is 21.7 Å². The van der Waals surface area contributed by atoms with Crippen LogP contribution in [0.3, 0.4) is 0 Å². The van der Waals surface area contributed by atoms with Crippen LogP contribution in [0.25, 0.3) is 0 Å². The number of rotatable bonds is 13. The van der Waals surface area contributed by atoms with Gasteiger partial charge in [-0.25, -0.2) is 0 Å². The Labute approximate surface area is 166 Å². The summed E-state index contributed by atoms with van der Waals surface area (Å²) >= 11 is 0.924. The molecule has 0 bridgehead atoms. The van der Waals surface area contributed by atoms with E-state index in [0.717, 1.165) is 11.8 Å². The highest BCUT2D eigenvalue weighted by atomic mass is 32.2. The lowest BCUT2D eigenvalue weighted by Gasteiger charge is -2.18. The Bertz CT molecular complexity index is 619. The molecule has 0 aromatic rings. The molecule has 166 valence electrons. The van der Waals surface area contributed by atoms with Crippen LogP contribution in [0.1, 0.15) is 12.8 Å². The average Bonchev–Trinajstić information content (AvgIpc) is 2.61. The molecule has 0 heterocycles. The maximum atomic E-state index is 12.1. The summed E-state index contributed by atoms with van der Waals surface area (Å²) in [4.78, 5) is 55.7. The average molecular weight is 446 g/mol. The molecule has 3 amide bonds. The Balaban J connectivity index is 4.59. The quantitative estimate of drug-likeness (QED) is 0.179. The number of carbonyl (C=O) groups excluding carboxylic acids is 3. The standard InChI is InChI=1S/C14H21F3N4O7S/c15-14(16,17)13(28)19-3-4-29-6-8(11(25)20-5-10(23)24)21-9(22)2-1-7(18)12(26)27/h7-8H,1-6,18H2,(H,19,28)(H,20,25)(H,21,22)(H,23,24)(H,26,27). The Morgan fingerprint density at radius 2 is 1.69 bits per heavy atom. The van der Waals surface area contributed by atoms with Crippen molar-refractivity contribution in [3.05, 3.63) is 0 Å². The first-order valence-electron chi connectivity index (χ1n) is 8.04. The number of hydrogen-bond donors (Lipinski definition) is 6. The van der Waals surface area contributed by atoms with E-state index in [1.807, 2.05) is 5.32 Å². The van der Waals surface area contributed by atoms with Crippen LogP contribution in [0.4, 0.5) is 13.2 Å². The third-order valence-corrected chi connectivity index (χ3v) is 4.20. The van der Waals surface area contributed by atoms with Crippen molar-refractivity contribution in [3.63, 3.8) is 0 Å². The molecule has 7 N–H and O–H groups in total. The molecular weight excluding hydrogens is 425 g/mol. The van der Waals surface area contributed by atoms with E-state index >= 15 is 0 Å². The summed E-state index contributed by atoms with van der Waals surface area (Å²) in [7, 11) is 0. The molecule has 11 nitrogen and oxygen atoms in total. The van der Waals surface area contributed by atoms with E-state index in [4.69, 9.17) is 15.9 Å². The van der Waals surface area contributed by atoms with E-state index < -0.39 is 54.5 Å². The highest BCUT2D eigenvalue weighted by Crippen LogP contribution is 2.14. The fourth-order valence-electron chi connectivity index (χ4n) is 1.68. The van der Waals surface area contributed by atoms with E-state index in [1.165, 1.54) is 0 Å². The van der Waals surface area contributed by atoms with Crippen molar-refractivity contribution < 1.29 is 47.4 Å². The van der Waals surface area contributed by atoms with Crippen molar-refractivity contribution in [3.8, 4) is 0 Å². The monoisotopic (exact) mass is 446 g/mol. The second kappa shape index (κ2) is 12.8. The number of nitrogens with two attached hydrogens (primary N) is 1. The molecule has 0 saturated heterocycles. The number of halogens is 3. The number of carbonyl (C=O) groups is 5. The molecule has 0 fully saturated rings. The van der Waals surface area contributed by atoms with Crippen LogP contribution in [0.5, 0.6) is 0 Å². The van der Waals surface area contributed by atoms with Gasteiger partial charge in [0, 0.05) is 24.5 Å². The molecule has 0 radical (unpaired) electrons. The molecule has 0 aromatic heterocycles. The summed E-state index contributed by atoms with van der Waals surface area (Å²) in [6.45, 7) is -1.07. The normalized spacial score (nSPS) is 13.1. The fourth-order valence-corrected chi connectivity index (χ4v) is 2.57. The van der Waals surface area contributed by atoms with Crippen LogP contribution in [0.15, 0.2) is 0 Å². The third-order valence-electron chi connectivity index (χ3n) is 3.14. The molecule has 0 rings (SSSR count). The molecule has 0 spiro atoms. The first kappa shape index (κ1) is 26.4. The number of thioether (sulfide) groups is 1. The number of carboxylic acids is 2. The Kier molecular flexibility index (Phi) is 11.7. The summed E-state index contributed by atoms with van der Waals surface area (Å²) in [6.07, 6.45) is -5.54. The van der Waals surface area contributed by atoms with Crippen molar-refractivity contribution in [2.45, 2.75) is 31.1 Å². The van der Waals surface area contributed by atoms with Gasteiger partial charge in [0.15, 0.2) is 0 Å². The van der Waals surface area contributed by atoms with E-state index in [1.54, 1.807) is 5.32 Å². The fraction of sp³-hybridized carbons (Fsp3) is 0.643. The van der Waals surface area contributed by atoms with E-state index in [-0.39, 0.29) is 30.9 Å². The molecule has 0 saturated carbocycles. The van der Waals surface area contributed by atoms with E-state index in [0.29, 0.717) is 0 Å². The van der Waals surface area contributed by atoms with Crippen molar-refractivity contribution in [2.75, 3.05) is 24.6 Å².